The van der Waals surface area contributed by atoms with Crippen molar-refractivity contribution >= 4 is 5.97 Å². The molecule has 0 unspecified atom stereocenters. The Bertz CT molecular complexity index is 672. The number of rotatable bonds is 3. The van der Waals surface area contributed by atoms with Crippen LogP contribution in [0, 0.1) is 6.92 Å². The molecular formula is C17H19NO3. The summed E-state index contributed by atoms with van der Waals surface area (Å²) in [7, 11) is 0. The van der Waals surface area contributed by atoms with Crippen LogP contribution in [-0.4, -0.2) is 16.1 Å². The van der Waals surface area contributed by atoms with Crippen molar-refractivity contribution in [1.29, 1.82) is 0 Å². The number of hydrogen-bond donors (Lipinski definition) is 1. The van der Waals surface area contributed by atoms with E-state index >= 15 is 0 Å². The van der Waals surface area contributed by atoms with Crippen molar-refractivity contribution in [3.8, 4) is 11.5 Å². The number of pyridine rings is 1. The number of hydrogen-bond acceptors (Lipinski definition) is 3. The van der Waals surface area contributed by atoms with Crippen LogP contribution in [-0.2, 0) is 5.41 Å². The fraction of sp³-hybridized carbons (Fsp3) is 0.294. The average molecular weight is 285 g/mol. The Labute approximate surface area is 124 Å². The van der Waals surface area contributed by atoms with Gasteiger partial charge in [0, 0.05) is 18.0 Å². The number of carboxylic acids is 1. The van der Waals surface area contributed by atoms with Crippen molar-refractivity contribution in [1.82, 2.24) is 4.98 Å². The van der Waals surface area contributed by atoms with Crippen molar-refractivity contribution in [2.45, 2.75) is 33.1 Å². The minimum atomic E-state index is -1.05. The minimum absolute atomic E-state index is 0.00313. The number of aryl methyl sites for hydroxylation is 1. The van der Waals surface area contributed by atoms with E-state index in [0.717, 1.165) is 5.56 Å². The van der Waals surface area contributed by atoms with E-state index in [0.29, 0.717) is 17.2 Å². The summed E-state index contributed by atoms with van der Waals surface area (Å²) in [6.07, 6.45) is 1.32. The maximum Gasteiger partial charge on any atom is 0.341 e. The summed E-state index contributed by atoms with van der Waals surface area (Å²) in [4.78, 5) is 15.2. The second-order valence-electron chi connectivity index (χ2n) is 6.01. The van der Waals surface area contributed by atoms with E-state index in [4.69, 9.17) is 4.74 Å². The Morgan fingerprint density at radius 1 is 1.24 bits per heavy atom. The molecule has 2 rings (SSSR count). The molecule has 0 radical (unpaired) electrons. The van der Waals surface area contributed by atoms with Gasteiger partial charge in [0.15, 0.2) is 0 Å². The molecular weight excluding hydrogens is 266 g/mol. The predicted octanol–water partition coefficient (Wildman–Crippen LogP) is 4.18. The standard InChI is InChI=1S/C17H19NO3/c1-11-8-15(14(10-18-11)16(19)20)21-13-7-5-6-12(9-13)17(2,3)4/h5-10H,1-4H3,(H,19,20). The van der Waals surface area contributed by atoms with Crippen LogP contribution >= 0.6 is 0 Å². The molecule has 1 aromatic heterocycles. The molecule has 0 bridgehead atoms. The minimum Gasteiger partial charge on any atom is -0.477 e. The van der Waals surface area contributed by atoms with E-state index < -0.39 is 5.97 Å². The van der Waals surface area contributed by atoms with E-state index in [1.54, 1.807) is 13.0 Å². The normalized spacial score (nSPS) is 11.2. The molecule has 0 aliphatic heterocycles. The number of ether oxygens (including phenoxy) is 1. The molecule has 0 saturated heterocycles. The van der Waals surface area contributed by atoms with E-state index in [1.807, 2.05) is 24.3 Å². The lowest BCUT2D eigenvalue weighted by Crippen LogP contribution is -2.10. The molecule has 110 valence electrons. The number of nitrogens with zero attached hydrogens (tertiary/aromatic N) is 1. The molecule has 0 aliphatic rings. The predicted molar refractivity (Wildman–Crippen MR) is 81.1 cm³/mol. The van der Waals surface area contributed by atoms with Crippen LogP contribution < -0.4 is 4.74 Å². The smallest absolute Gasteiger partial charge is 0.341 e. The highest BCUT2D eigenvalue weighted by Gasteiger charge is 2.16. The van der Waals surface area contributed by atoms with Crippen molar-refractivity contribution in [3.63, 3.8) is 0 Å². The average Bonchev–Trinajstić information content (AvgIpc) is 2.37. The summed E-state index contributed by atoms with van der Waals surface area (Å²) in [6, 6.07) is 9.32. The van der Waals surface area contributed by atoms with Gasteiger partial charge in [-0.2, -0.15) is 0 Å². The number of carbonyl (C=O) groups is 1. The lowest BCUT2D eigenvalue weighted by molar-refractivity contribution is 0.0693. The molecule has 1 aromatic carbocycles. The molecule has 0 atom stereocenters. The van der Waals surface area contributed by atoms with Crippen LogP contribution in [0.4, 0.5) is 0 Å². The maximum absolute atomic E-state index is 11.2. The summed E-state index contributed by atoms with van der Waals surface area (Å²) in [6.45, 7) is 8.15. The topological polar surface area (TPSA) is 59.4 Å². The first-order valence-corrected chi connectivity index (χ1v) is 6.76. The first kappa shape index (κ1) is 15.0. The molecule has 0 amide bonds. The van der Waals surface area contributed by atoms with Crippen molar-refractivity contribution in [2.75, 3.05) is 0 Å². The van der Waals surface area contributed by atoms with Gasteiger partial charge in [-0.3, -0.25) is 4.98 Å². The van der Waals surface area contributed by atoms with Crippen molar-refractivity contribution in [3.05, 3.63) is 53.3 Å². The second kappa shape index (κ2) is 5.56. The Kier molecular flexibility index (Phi) is 3.98. The van der Waals surface area contributed by atoms with Gasteiger partial charge in [0.2, 0.25) is 0 Å². The lowest BCUT2D eigenvalue weighted by Gasteiger charge is -2.20. The number of benzene rings is 1. The van der Waals surface area contributed by atoms with Gasteiger partial charge in [0.05, 0.1) is 0 Å². The Balaban J connectivity index is 2.39. The molecule has 0 saturated carbocycles. The highest BCUT2D eigenvalue weighted by atomic mass is 16.5. The summed E-state index contributed by atoms with van der Waals surface area (Å²) in [5, 5.41) is 9.20. The lowest BCUT2D eigenvalue weighted by atomic mass is 9.87. The van der Waals surface area contributed by atoms with Gasteiger partial charge < -0.3 is 9.84 Å². The summed E-state index contributed by atoms with van der Waals surface area (Å²) in [5.41, 5.74) is 1.90. The number of aromatic carboxylic acids is 1. The summed E-state index contributed by atoms with van der Waals surface area (Å²) in [5.74, 6) is -0.124. The van der Waals surface area contributed by atoms with Gasteiger partial charge in [0.1, 0.15) is 17.1 Å². The van der Waals surface area contributed by atoms with Crippen LogP contribution in [0.1, 0.15) is 42.4 Å². The SMILES string of the molecule is Cc1cc(Oc2cccc(C(C)(C)C)c2)c(C(=O)O)cn1. The molecule has 0 spiro atoms. The zero-order chi connectivity index (χ0) is 15.6. The van der Waals surface area contributed by atoms with Crippen LogP contribution in [0.25, 0.3) is 0 Å². The fourth-order valence-electron chi connectivity index (χ4n) is 1.93. The third-order valence-electron chi connectivity index (χ3n) is 3.16. The molecule has 1 N–H and O–H groups in total. The molecule has 0 fully saturated rings. The maximum atomic E-state index is 11.2. The van der Waals surface area contributed by atoms with Gasteiger partial charge in [-0.1, -0.05) is 32.9 Å². The molecule has 2 aromatic rings. The Morgan fingerprint density at radius 3 is 2.57 bits per heavy atom. The summed E-state index contributed by atoms with van der Waals surface area (Å²) < 4.78 is 5.77. The fourth-order valence-corrected chi connectivity index (χ4v) is 1.93. The first-order chi connectivity index (χ1) is 9.77. The van der Waals surface area contributed by atoms with Gasteiger partial charge in [0.25, 0.3) is 0 Å². The monoisotopic (exact) mass is 285 g/mol. The van der Waals surface area contributed by atoms with E-state index in [2.05, 4.69) is 25.8 Å². The highest BCUT2D eigenvalue weighted by molar-refractivity contribution is 5.90. The van der Waals surface area contributed by atoms with E-state index in [9.17, 15) is 9.90 Å². The van der Waals surface area contributed by atoms with Gasteiger partial charge in [-0.15, -0.1) is 0 Å². The Hall–Kier alpha value is -2.36. The second-order valence-corrected chi connectivity index (χ2v) is 6.01. The van der Waals surface area contributed by atoms with E-state index in [-0.39, 0.29) is 11.0 Å². The van der Waals surface area contributed by atoms with Crippen LogP contribution in [0.3, 0.4) is 0 Å². The van der Waals surface area contributed by atoms with Gasteiger partial charge in [-0.05, 0) is 30.0 Å². The molecule has 1 heterocycles. The highest BCUT2D eigenvalue weighted by Crippen LogP contribution is 2.30. The van der Waals surface area contributed by atoms with Gasteiger partial charge in [-0.25, -0.2) is 4.79 Å². The molecule has 4 nitrogen and oxygen atoms in total. The number of carboxylic acid groups (broad SMARTS) is 1. The molecule has 0 aliphatic carbocycles. The van der Waals surface area contributed by atoms with Crippen molar-refractivity contribution in [2.24, 2.45) is 0 Å². The summed E-state index contributed by atoms with van der Waals surface area (Å²) >= 11 is 0. The van der Waals surface area contributed by atoms with Crippen molar-refractivity contribution < 1.29 is 14.6 Å². The quantitative estimate of drug-likeness (QED) is 0.919. The van der Waals surface area contributed by atoms with Crippen LogP contribution in [0.15, 0.2) is 36.5 Å². The molecule has 21 heavy (non-hydrogen) atoms. The zero-order valence-electron chi connectivity index (χ0n) is 12.7. The van der Waals surface area contributed by atoms with Crippen LogP contribution in [0.2, 0.25) is 0 Å². The third-order valence-corrected chi connectivity index (χ3v) is 3.16. The van der Waals surface area contributed by atoms with Gasteiger partial charge >= 0.3 is 5.97 Å². The Morgan fingerprint density at radius 2 is 1.95 bits per heavy atom. The van der Waals surface area contributed by atoms with Crippen LogP contribution in [0.5, 0.6) is 11.5 Å². The molecule has 4 heteroatoms. The van der Waals surface area contributed by atoms with E-state index in [1.165, 1.54) is 6.20 Å². The third kappa shape index (κ3) is 3.60. The number of aromatic nitrogens is 1. The first-order valence-electron chi connectivity index (χ1n) is 6.76. The zero-order valence-corrected chi connectivity index (χ0v) is 12.7. The largest absolute Gasteiger partial charge is 0.477 e.